The maximum atomic E-state index is 5.36. The fourth-order valence-electron chi connectivity index (χ4n) is 9.50. The van der Waals surface area contributed by atoms with Gasteiger partial charge in [0.2, 0.25) is 5.95 Å². The Balaban J connectivity index is 1.19. The number of para-hydroxylation sites is 4. The lowest BCUT2D eigenvalue weighted by atomic mass is 10.1. The summed E-state index contributed by atoms with van der Waals surface area (Å²) in [5, 5.41) is 10.3. The molecule has 0 radical (unpaired) electrons. The Morgan fingerprint density at radius 1 is 0.351 bits per heavy atom. The first kappa shape index (κ1) is 31.9. The predicted molar refractivity (Wildman–Crippen MR) is 237 cm³/mol. The second kappa shape index (κ2) is 12.3. The van der Waals surface area contributed by atoms with Crippen LogP contribution in [-0.4, -0.2) is 32.2 Å². The van der Waals surface area contributed by atoms with E-state index in [-0.39, 0.29) is 0 Å². The van der Waals surface area contributed by atoms with E-state index in [1.807, 2.05) is 18.2 Å². The van der Waals surface area contributed by atoms with Crippen LogP contribution in [0.1, 0.15) is 0 Å². The van der Waals surface area contributed by atoms with Gasteiger partial charge in [-0.25, -0.2) is 4.98 Å². The summed E-state index contributed by atoms with van der Waals surface area (Å²) in [5.41, 5.74) is 7.61. The SMILES string of the molecule is c1ccc(-c2nc(-c3ccc4c(c3)-n3c5ccccc5c5cccc(c53)[Si]4(c3ccccc3)c3ccccc3)nc(-n3c4ccccc4c4ccccc43)n2)cc1. The molecule has 0 fully saturated rings. The van der Waals surface area contributed by atoms with E-state index in [9.17, 15) is 0 Å². The van der Waals surface area contributed by atoms with Crippen molar-refractivity contribution in [2.45, 2.75) is 0 Å². The van der Waals surface area contributed by atoms with Gasteiger partial charge in [0.25, 0.3) is 0 Å². The van der Waals surface area contributed by atoms with E-state index < -0.39 is 8.07 Å². The first-order chi connectivity index (χ1) is 28.3. The van der Waals surface area contributed by atoms with Gasteiger partial charge in [0.05, 0.1) is 22.1 Å². The zero-order chi connectivity index (χ0) is 37.5. The van der Waals surface area contributed by atoms with Crippen molar-refractivity contribution in [3.8, 4) is 34.4 Å². The Hall–Kier alpha value is -7.41. The molecule has 12 rings (SSSR count). The van der Waals surface area contributed by atoms with Gasteiger partial charge in [-0.15, -0.1) is 0 Å². The van der Waals surface area contributed by atoms with Gasteiger partial charge in [0.15, 0.2) is 19.7 Å². The Labute approximate surface area is 329 Å². The van der Waals surface area contributed by atoms with Crippen molar-refractivity contribution in [1.82, 2.24) is 24.1 Å². The van der Waals surface area contributed by atoms with Gasteiger partial charge in [-0.05, 0) is 45.0 Å². The number of nitrogens with zero attached hydrogens (tertiary/aromatic N) is 5. The second-order valence-corrected chi connectivity index (χ2v) is 18.5. The Morgan fingerprint density at radius 3 is 1.46 bits per heavy atom. The monoisotopic (exact) mass is 743 g/mol. The molecule has 0 saturated heterocycles. The van der Waals surface area contributed by atoms with Crippen LogP contribution >= 0.6 is 0 Å². The highest BCUT2D eigenvalue weighted by atomic mass is 28.3. The summed E-state index contributed by atoms with van der Waals surface area (Å²) in [4.78, 5) is 15.8. The molecule has 6 heteroatoms. The fourth-order valence-corrected chi connectivity index (χ4v) is 14.6. The van der Waals surface area contributed by atoms with Gasteiger partial charge in [-0.1, -0.05) is 176 Å². The lowest BCUT2D eigenvalue weighted by molar-refractivity contribution is 0.953. The maximum absolute atomic E-state index is 5.36. The Kier molecular flexibility index (Phi) is 6.88. The number of fused-ring (bicyclic) bond motifs is 8. The molecule has 0 aliphatic carbocycles. The zero-order valence-corrected chi connectivity index (χ0v) is 31.8. The summed E-state index contributed by atoms with van der Waals surface area (Å²) >= 11 is 0. The largest absolute Gasteiger partial charge is 0.309 e. The second-order valence-electron chi connectivity index (χ2n) is 14.8. The van der Waals surface area contributed by atoms with Gasteiger partial charge in [0, 0.05) is 38.4 Å². The van der Waals surface area contributed by atoms with E-state index >= 15 is 0 Å². The van der Waals surface area contributed by atoms with E-state index in [4.69, 9.17) is 15.0 Å². The van der Waals surface area contributed by atoms with Crippen molar-refractivity contribution in [3.63, 3.8) is 0 Å². The van der Waals surface area contributed by atoms with Crippen LogP contribution in [0, 0.1) is 0 Å². The maximum Gasteiger partial charge on any atom is 0.238 e. The summed E-state index contributed by atoms with van der Waals surface area (Å²) in [6.07, 6.45) is 0. The summed E-state index contributed by atoms with van der Waals surface area (Å²) in [6, 6.07) is 72.3. The van der Waals surface area contributed by atoms with E-state index in [1.54, 1.807) is 0 Å². The molecule has 0 spiro atoms. The van der Waals surface area contributed by atoms with Gasteiger partial charge in [-0.3, -0.25) is 4.57 Å². The van der Waals surface area contributed by atoms with Crippen LogP contribution in [0.25, 0.3) is 78.0 Å². The van der Waals surface area contributed by atoms with E-state index in [0.29, 0.717) is 17.6 Å². The molecule has 0 saturated carbocycles. The average Bonchev–Trinajstić information content (AvgIpc) is 3.81. The molecule has 0 atom stereocenters. The lowest BCUT2D eigenvalue weighted by Gasteiger charge is -2.40. The van der Waals surface area contributed by atoms with Crippen LogP contribution in [0.2, 0.25) is 0 Å². The molecule has 0 bridgehead atoms. The lowest BCUT2D eigenvalue weighted by Crippen LogP contribution is -2.76. The van der Waals surface area contributed by atoms with E-state index in [2.05, 4.69) is 191 Å². The molecule has 5 nitrogen and oxygen atoms in total. The molecule has 0 N–H and O–H groups in total. The van der Waals surface area contributed by atoms with Gasteiger partial charge in [0.1, 0.15) is 0 Å². The summed E-state index contributed by atoms with van der Waals surface area (Å²) in [6.45, 7) is 0. The van der Waals surface area contributed by atoms with Crippen LogP contribution < -0.4 is 20.7 Å². The predicted octanol–water partition coefficient (Wildman–Crippen LogP) is 9.09. The van der Waals surface area contributed by atoms with Crippen molar-refractivity contribution in [2.75, 3.05) is 0 Å². The molecule has 0 amide bonds. The molecular formula is C51H33N5Si. The van der Waals surface area contributed by atoms with Gasteiger partial charge < -0.3 is 4.57 Å². The number of hydrogen-bond acceptors (Lipinski definition) is 3. The highest BCUT2D eigenvalue weighted by molar-refractivity contribution is 7.21. The van der Waals surface area contributed by atoms with Crippen LogP contribution in [0.15, 0.2) is 200 Å². The standard InChI is InChI=1S/C51H33N5Si/c1-4-17-34(18-5-1)49-52-50(54-51(53-49)56-43-28-14-10-23-38(43)39-24-11-15-29-44(39)56)35-31-32-46-45(33-35)55-42-27-13-12-25-40(42)41-26-16-30-47(48(41)55)57(46,36-19-6-2-7-20-36)37-21-8-3-9-22-37/h1-33H. The number of hydrogen-bond donors (Lipinski definition) is 0. The van der Waals surface area contributed by atoms with Crippen LogP contribution in [0.5, 0.6) is 0 Å². The minimum atomic E-state index is -2.85. The molecule has 266 valence electrons. The Morgan fingerprint density at radius 2 is 0.842 bits per heavy atom. The van der Waals surface area contributed by atoms with Crippen LogP contribution in [0.4, 0.5) is 0 Å². The van der Waals surface area contributed by atoms with Crippen molar-refractivity contribution in [2.24, 2.45) is 0 Å². The minimum Gasteiger partial charge on any atom is -0.309 e. The number of benzene rings is 8. The molecule has 8 aromatic carbocycles. The third kappa shape index (κ3) is 4.53. The van der Waals surface area contributed by atoms with Crippen molar-refractivity contribution >= 4 is 72.4 Å². The number of aromatic nitrogens is 5. The molecular weight excluding hydrogens is 711 g/mol. The summed E-state index contributed by atoms with van der Waals surface area (Å²) in [7, 11) is -2.85. The van der Waals surface area contributed by atoms with Crippen molar-refractivity contribution in [3.05, 3.63) is 200 Å². The molecule has 11 aromatic rings. The van der Waals surface area contributed by atoms with Gasteiger partial charge in [-0.2, -0.15) is 9.97 Å². The third-order valence-corrected chi connectivity index (χ3v) is 16.7. The van der Waals surface area contributed by atoms with Gasteiger partial charge >= 0.3 is 0 Å². The topological polar surface area (TPSA) is 48.5 Å². The molecule has 3 aromatic heterocycles. The highest BCUT2D eigenvalue weighted by Crippen LogP contribution is 2.37. The third-order valence-electron chi connectivity index (χ3n) is 11.8. The van der Waals surface area contributed by atoms with E-state index in [0.717, 1.165) is 38.6 Å². The summed E-state index contributed by atoms with van der Waals surface area (Å²) in [5.74, 6) is 1.85. The first-order valence-electron chi connectivity index (χ1n) is 19.4. The molecule has 1 aliphatic heterocycles. The van der Waals surface area contributed by atoms with E-state index in [1.165, 1.54) is 42.6 Å². The molecule has 1 aliphatic rings. The summed E-state index contributed by atoms with van der Waals surface area (Å²) < 4.78 is 4.69. The zero-order valence-electron chi connectivity index (χ0n) is 30.8. The minimum absolute atomic E-state index is 0.588. The van der Waals surface area contributed by atoms with Crippen LogP contribution in [0.3, 0.4) is 0 Å². The van der Waals surface area contributed by atoms with Crippen molar-refractivity contribution in [1.29, 1.82) is 0 Å². The average molecular weight is 744 g/mol. The van der Waals surface area contributed by atoms with Crippen LogP contribution in [-0.2, 0) is 0 Å². The molecule has 57 heavy (non-hydrogen) atoms. The number of rotatable bonds is 5. The molecule has 0 unspecified atom stereocenters. The normalized spacial score (nSPS) is 13.1. The Bertz CT molecular complexity index is 3260. The fraction of sp³-hybridized carbons (Fsp3) is 0. The first-order valence-corrected chi connectivity index (χ1v) is 21.4. The molecule has 4 heterocycles. The quantitative estimate of drug-likeness (QED) is 0.165. The smallest absolute Gasteiger partial charge is 0.238 e. The highest BCUT2D eigenvalue weighted by Gasteiger charge is 2.47. The van der Waals surface area contributed by atoms with Crippen molar-refractivity contribution < 1.29 is 0 Å².